The van der Waals surface area contributed by atoms with Crippen LogP contribution in [0, 0.1) is 0 Å². The van der Waals surface area contributed by atoms with E-state index in [0.717, 1.165) is 16.0 Å². The fourth-order valence-corrected chi connectivity index (χ4v) is 3.28. The van der Waals surface area contributed by atoms with E-state index < -0.39 is 0 Å². The fourth-order valence-electron chi connectivity index (χ4n) is 2.55. The second-order valence-corrected chi connectivity index (χ2v) is 6.02. The van der Waals surface area contributed by atoms with Gasteiger partial charge in [-0.05, 0) is 17.0 Å². The van der Waals surface area contributed by atoms with Crippen molar-refractivity contribution < 1.29 is 0 Å². The Labute approximate surface area is 130 Å². The maximum Gasteiger partial charge on any atom is 0.276 e. The molecule has 0 aliphatic carbocycles. The quantitative estimate of drug-likeness (QED) is 0.631. The number of nitrogens with one attached hydrogen (secondary N) is 1. The van der Waals surface area contributed by atoms with E-state index >= 15 is 0 Å². The van der Waals surface area contributed by atoms with Crippen LogP contribution < -0.4 is 5.56 Å². The molecule has 0 aliphatic heterocycles. The van der Waals surface area contributed by atoms with Crippen LogP contribution in [0.3, 0.4) is 0 Å². The summed E-state index contributed by atoms with van der Waals surface area (Å²) in [5, 5.41) is 5.03. The molecule has 0 unspecified atom stereocenters. The monoisotopic (exact) mass is 307 g/mol. The van der Waals surface area contributed by atoms with Crippen LogP contribution >= 0.6 is 11.3 Å². The van der Waals surface area contributed by atoms with Gasteiger partial charge in [0.25, 0.3) is 5.56 Å². The summed E-state index contributed by atoms with van der Waals surface area (Å²) in [7, 11) is 0. The highest BCUT2D eigenvalue weighted by atomic mass is 32.1. The van der Waals surface area contributed by atoms with Gasteiger partial charge in [-0.2, -0.15) is 0 Å². The third kappa shape index (κ3) is 2.16. The molecule has 0 radical (unpaired) electrons. The van der Waals surface area contributed by atoms with Gasteiger partial charge in [-0.1, -0.05) is 36.4 Å². The molecule has 108 valence electrons. The molecular weight excluding hydrogens is 294 g/mol. The van der Waals surface area contributed by atoms with Crippen molar-refractivity contribution in [3.63, 3.8) is 0 Å². The summed E-state index contributed by atoms with van der Waals surface area (Å²) >= 11 is 1.63. The largest absolute Gasteiger partial charge is 0.296 e. The van der Waals surface area contributed by atoms with E-state index in [1.807, 2.05) is 54.0 Å². The topological polar surface area (TPSA) is 50.2 Å². The number of nitrogens with zero attached hydrogens (tertiary/aromatic N) is 2. The molecule has 0 bridgehead atoms. The molecule has 0 amide bonds. The summed E-state index contributed by atoms with van der Waals surface area (Å²) in [6.45, 7) is 0. The van der Waals surface area contributed by atoms with Gasteiger partial charge in [-0.15, -0.1) is 11.3 Å². The second kappa shape index (κ2) is 5.27. The number of H-pyrrole nitrogens is 1. The van der Waals surface area contributed by atoms with Crippen molar-refractivity contribution in [2.75, 3.05) is 0 Å². The van der Waals surface area contributed by atoms with Crippen LogP contribution in [0.4, 0.5) is 0 Å². The number of thiophene rings is 1. The van der Waals surface area contributed by atoms with E-state index in [2.05, 4.69) is 10.1 Å². The Balaban J connectivity index is 1.81. The first-order valence-electron chi connectivity index (χ1n) is 6.99. The van der Waals surface area contributed by atoms with Crippen molar-refractivity contribution in [1.29, 1.82) is 0 Å². The number of fused-ring (bicyclic) bond motifs is 1. The van der Waals surface area contributed by atoms with Crippen LogP contribution in [0.15, 0.2) is 65.0 Å². The van der Waals surface area contributed by atoms with Crippen LogP contribution in [0.1, 0.15) is 11.1 Å². The van der Waals surface area contributed by atoms with Crippen LogP contribution in [-0.2, 0) is 6.42 Å². The SMILES string of the molecule is O=c1c(Cc2ccccc2)cnc2c(-c3cccs3)c[nH]n12. The smallest absolute Gasteiger partial charge is 0.276 e. The Morgan fingerprint density at radius 2 is 2.00 bits per heavy atom. The van der Waals surface area contributed by atoms with Crippen molar-refractivity contribution in [2.45, 2.75) is 6.42 Å². The molecule has 0 atom stereocenters. The summed E-state index contributed by atoms with van der Waals surface area (Å²) in [5.74, 6) is 0. The minimum absolute atomic E-state index is 0.0448. The van der Waals surface area contributed by atoms with Crippen molar-refractivity contribution in [1.82, 2.24) is 14.6 Å². The third-order valence-corrected chi connectivity index (χ3v) is 4.54. The van der Waals surface area contributed by atoms with Gasteiger partial charge in [-0.3, -0.25) is 9.89 Å². The van der Waals surface area contributed by atoms with Crippen molar-refractivity contribution in [3.05, 3.63) is 81.7 Å². The predicted octanol–water partition coefficient (Wildman–Crippen LogP) is 3.34. The number of hydrogen-bond donors (Lipinski definition) is 1. The Hall–Kier alpha value is -2.66. The third-order valence-electron chi connectivity index (χ3n) is 3.64. The number of aromatic amines is 1. The van der Waals surface area contributed by atoms with Gasteiger partial charge in [0.2, 0.25) is 0 Å². The summed E-state index contributed by atoms with van der Waals surface area (Å²) in [4.78, 5) is 18.2. The molecule has 0 aliphatic rings. The standard InChI is InChI=1S/C17H13N3OS/c21-17-13(9-12-5-2-1-3-6-12)10-18-16-14(11-19-20(16)17)15-7-4-8-22-15/h1-8,10-11,19H,9H2. The minimum atomic E-state index is -0.0448. The van der Waals surface area contributed by atoms with Crippen LogP contribution in [-0.4, -0.2) is 14.6 Å². The molecule has 4 rings (SSSR count). The van der Waals surface area contributed by atoms with Gasteiger partial charge in [0.15, 0.2) is 5.65 Å². The van der Waals surface area contributed by atoms with Crippen molar-refractivity contribution in [2.24, 2.45) is 0 Å². The highest BCUT2D eigenvalue weighted by molar-refractivity contribution is 7.13. The molecule has 0 spiro atoms. The predicted molar refractivity (Wildman–Crippen MR) is 88.4 cm³/mol. The lowest BCUT2D eigenvalue weighted by atomic mass is 10.1. The van der Waals surface area contributed by atoms with E-state index in [-0.39, 0.29) is 5.56 Å². The van der Waals surface area contributed by atoms with Gasteiger partial charge in [0.1, 0.15) is 0 Å². The zero-order valence-electron chi connectivity index (χ0n) is 11.7. The molecule has 4 nitrogen and oxygen atoms in total. The van der Waals surface area contributed by atoms with Crippen molar-refractivity contribution in [3.8, 4) is 10.4 Å². The molecular formula is C17H13N3OS. The molecule has 0 saturated heterocycles. The Kier molecular flexibility index (Phi) is 3.12. The van der Waals surface area contributed by atoms with Gasteiger partial charge in [0, 0.05) is 29.3 Å². The Morgan fingerprint density at radius 3 is 2.77 bits per heavy atom. The average Bonchev–Trinajstić information content (AvgIpc) is 3.20. The maximum absolute atomic E-state index is 12.6. The van der Waals surface area contributed by atoms with E-state index in [4.69, 9.17) is 0 Å². The van der Waals surface area contributed by atoms with E-state index in [9.17, 15) is 4.79 Å². The lowest BCUT2D eigenvalue weighted by Gasteiger charge is -2.02. The van der Waals surface area contributed by atoms with Crippen LogP contribution in [0.25, 0.3) is 16.1 Å². The molecule has 3 heterocycles. The van der Waals surface area contributed by atoms with Crippen molar-refractivity contribution >= 4 is 17.0 Å². The lowest BCUT2D eigenvalue weighted by molar-refractivity contribution is 0.873. The number of hydrogen-bond acceptors (Lipinski definition) is 3. The van der Waals surface area contributed by atoms with E-state index in [0.29, 0.717) is 17.6 Å². The molecule has 22 heavy (non-hydrogen) atoms. The molecule has 0 fully saturated rings. The molecule has 4 aromatic rings. The number of benzene rings is 1. The number of rotatable bonds is 3. The van der Waals surface area contributed by atoms with Gasteiger partial charge < -0.3 is 0 Å². The summed E-state index contributed by atoms with van der Waals surface area (Å²) in [6.07, 6.45) is 4.11. The highest BCUT2D eigenvalue weighted by Gasteiger charge is 2.12. The Bertz CT molecular complexity index is 968. The molecule has 5 heteroatoms. The molecule has 0 saturated carbocycles. The maximum atomic E-state index is 12.6. The van der Waals surface area contributed by atoms with Crippen LogP contribution in [0.2, 0.25) is 0 Å². The lowest BCUT2D eigenvalue weighted by Crippen LogP contribution is -2.19. The Morgan fingerprint density at radius 1 is 1.14 bits per heavy atom. The summed E-state index contributed by atoms with van der Waals surface area (Å²) in [6, 6.07) is 14.0. The number of aromatic nitrogens is 3. The zero-order valence-corrected chi connectivity index (χ0v) is 12.5. The van der Waals surface area contributed by atoms with Gasteiger partial charge in [0.05, 0.1) is 5.56 Å². The van der Waals surface area contributed by atoms with Gasteiger partial charge >= 0.3 is 0 Å². The van der Waals surface area contributed by atoms with E-state index in [1.165, 1.54) is 4.52 Å². The minimum Gasteiger partial charge on any atom is -0.296 e. The highest BCUT2D eigenvalue weighted by Crippen LogP contribution is 2.26. The zero-order chi connectivity index (χ0) is 14.9. The molecule has 3 aromatic heterocycles. The first-order valence-corrected chi connectivity index (χ1v) is 7.87. The summed E-state index contributed by atoms with van der Waals surface area (Å²) in [5.41, 5.74) is 3.37. The first kappa shape index (κ1) is 13.0. The first-order chi connectivity index (χ1) is 10.8. The second-order valence-electron chi connectivity index (χ2n) is 5.07. The molecule has 1 N–H and O–H groups in total. The normalized spacial score (nSPS) is 11.1. The fraction of sp³-hybridized carbons (Fsp3) is 0.0588. The van der Waals surface area contributed by atoms with Crippen LogP contribution in [0.5, 0.6) is 0 Å². The summed E-state index contributed by atoms with van der Waals surface area (Å²) < 4.78 is 1.52. The molecule has 1 aromatic carbocycles. The van der Waals surface area contributed by atoms with Gasteiger partial charge in [-0.25, -0.2) is 9.50 Å². The van der Waals surface area contributed by atoms with E-state index in [1.54, 1.807) is 17.5 Å². The average molecular weight is 307 g/mol.